The number of nitrogens with zero attached hydrogens (tertiary/aromatic N) is 2. The van der Waals surface area contributed by atoms with E-state index in [9.17, 15) is 9.59 Å². The lowest BCUT2D eigenvalue weighted by Gasteiger charge is -2.35. The van der Waals surface area contributed by atoms with E-state index < -0.39 is 5.54 Å². The molecule has 0 unspecified atom stereocenters. The maximum absolute atomic E-state index is 12.5. The van der Waals surface area contributed by atoms with Gasteiger partial charge in [-0.2, -0.15) is 0 Å². The molecule has 1 N–H and O–H groups in total. The predicted octanol–water partition coefficient (Wildman–Crippen LogP) is 1.94. The fourth-order valence-electron chi connectivity index (χ4n) is 2.00. The fraction of sp³-hybridized carbons (Fsp3) is 0.500. The second-order valence-electron chi connectivity index (χ2n) is 6.02. The lowest BCUT2D eigenvalue weighted by Crippen LogP contribution is -2.54. The highest BCUT2D eigenvalue weighted by Crippen LogP contribution is 2.35. The average Bonchev–Trinajstić information content (AvgIpc) is 2.55. The molecule has 0 spiro atoms. The Kier molecular flexibility index (Phi) is 3.08. The topological polar surface area (TPSA) is 62.3 Å². The van der Waals surface area contributed by atoms with Crippen LogP contribution in [0.15, 0.2) is 24.4 Å². The normalized spacial score (nSPS) is 23.7. The third kappa shape index (κ3) is 2.20. The third-order valence-electron chi connectivity index (χ3n) is 3.82. The summed E-state index contributed by atoms with van der Waals surface area (Å²) < 4.78 is 0. The van der Waals surface area contributed by atoms with Gasteiger partial charge in [-0.05, 0) is 24.5 Å². The van der Waals surface area contributed by atoms with E-state index in [4.69, 9.17) is 0 Å². The number of amides is 3. The van der Waals surface area contributed by atoms with Crippen molar-refractivity contribution < 1.29 is 9.59 Å². The van der Waals surface area contributed by atoms with Gasteiger partial charge in [0.05, 0.1) is 12.2 Å². The number of nitrogens with one attached hydrogen (secondary N) is 1. The first-order chi connectivity index (χ1) is 8.75. The second-order valence-corrected chi connectivity index (χ2v) is 6.02. The molecule has 1 aliphatic heterocycles. The molecule has 2 rings (SSSR count). The van der Waals surface area contributed by atoms with E-state index in [-0.39, 0.29) is 23.9 Å². The number of urea groups is 1. The number of hydrogen-bond donors (Lipinski definition) is 1. The van der Waals surface area contributed by atoms with Crippen LogP contribution in [-0.2, 0) is 11.3 Å². The van der Waals surface area contributed by atoms with Gasteiger partial charge in [-0.1, -0.05) is 26.8 Å². The summed E-state index contributed by atoms with van der Waals surface area (Å²) in [5.74, 6) is -0.198. The first-order valence-corrected chi connectivity index (χ1v) is 6.30. The van der Waals surface area contributed by atoms with E-state index in [2.05, 4.69) is 10.3 Å². The van der Waals surface area contributed by atoms with Gasteiger partial charge in [0.15, 0.2) is 0 Å². The summed E-state index contributed by atoms with van der Waals surface area (Å²) in [4.78, 5) is 29.9. The highest BCUT2D eigenvalue weighted by Gasteiger charge is 2.54. The second kappa shape index (κ2) is 4.33. The van der Waals surface area contributed by atoms with Gasteiger partial charge in [-0.3, -0.25) is 14.7 Å². The minimum absolute atomic E-state index is 0.198. The lowest BCUT2D eigenvalue weighted by atomic mass is 9.75. The van der Waals surface area contributed by atoms with E-state index in [0.29, 0.717) is 5.69 Å². The highest BCUT2D eigenvalue weighted by atomic mass is 16.2. The van der Waals surface area contributed by atoms with Gasteiger partial charge in [0.25, 0.3) is 5.91 Å². The Morgan fingerprint density at radius 3 is 2.47 bits per heavy atom. The Balaban J connectivity index is 2.25. The number of carbonyl (C=O) groups excluding carboxylic acids is 2. The zero-order valence-corrected chi connectivity index (χ0v) is 11.7. The summed E-state index contributed by atoms with van der Waals surface area (Å²) >= 11 is 0. The molecule has 0 aliphatic carbocycles. The first kappa shape index (κ1) is 13.5. The molecule has 1 fully saturated rings. The number of aromatic nitrogens is 1. The Morgan fingerprint density at radius 1 is 1.32 bits per heavy atom. The minimum atomic E-state index is -0.876. The predicted molar refractivity (Wildman–Crippen MR) is 71.2 cm³/mol. The van der Waals surface area contributed by atoms with Crippen molar-refractivity contribution in [2.75, 3.05) is 0 Å². The minimum Gasteiger partial charge on any atom is -0.323 e. The van der Waals surface area contributed by atoms with Gasteiger partial charge < -0.3 is 5.32 Å². The molecule has 5 nitrogen and oxygen atoms in total. The van der Waals surface area contributed by atoms with Gasteiger partial charge in [0.2, 0.25) is 0 Å². The van der Waals surface area contributed by atoms with Crippen molar-refractivity contribution in [2.24, 2.45) is 5.41 Å². The smallest absolute Gasteiger partial charge is 0.323 e. The molecule has 3 amide bonds. The number of hydrogen-bond acceptors (Lipinski definition) is 3. The molecule has 0 saturated carbocycles. The Hall–Kier alpha value is -1.91. The molecule has 2 heterocycles. The zero-order chi connectivity index (χ0) is 14.3. The standard InChI is InChI=1S/C14H19N3O2/c1-13(2,3)14(4)11(18)17(12(19)16-14)9-10-7-5-6-8-15-10/h5-8H,9H2,1-4H3,(H,16,19)/t14-/m0/s1. The summed E-state index contributed by atoms with van der Waals surface area (Å²) in [5, 5.41) is 2.80. The molecule has 0 radical (unpaired) electrons. The maximum atomic E-state index is 12.5. The van der Waals surface area contributed by atoms with Gasteiger partial charge in [-0.25, -0.2) is 4.79 Å². The van der Waals surface area contributed by atoms with Crippen LogP contribution in [-0.4, -0.2) is 27.4 Å². The van der Waals surface area contributed by atoms with Gasteiger partial charge in [0, 0.05) is 6.20 Å². The van der Waals surface area contributed by atoms with Crippen molar-refractivity contribution in [1.82, 2.24) is 15.2 Å². The molecule has 1 aromatic heterocycles. The first-order valence-electron chi connectivity index (χ1n) is 6.30. The van der Waals surface area contributed by atoms with Gasteiger partial charge in [0.1, 0.15) is 5.54 Å². The fourth-order valence-corrected chi connectivity index (χ4v) is 2.00. The molecular weight excluding hydrogens is 242 g/mol. The molecule has 1 atom stereocenters. The van der Waals surface area contributed by atoms with Crippen LogP contribution in [0, 0.1) is 5.41 Å². The van der Waals surface area contributed by atoms with Crippen LogP contribution in [0.2, 0.25) is 0 Å². The van der Waals surface area contributed by atoms with Crippen molar-refractivity contribution in [3.63, 3.8) is 0 Å². The van der Waals surface area contributed by atoms with Crippen molar-refractivity contribution >= 4 is 11.9 Å². The van der Waals surface area contributed by atoms with Crippen LogP contribution in [0.25, 0.3) is 0 Å². The van der Waals surface area contributed by atoms with Crippen molar-refractivity contribution in [3.8, 4) is 0 Å². The molecule has 0 aromatic carbocycles. The molecular formula is C14H19N3O2. The zero-order valence-electron chi connectivity index (χ0n) is 11.7. The van der Waals surface area contributed by atoms with E-state index in [1.54, 1.807) is 25.3 Å². The van der Waals surface area contributed by atoms with E-state index in [0.717, 1.165) is 0 Å². The largest absolute Gasteiger partial charge is 0.325 e. The monoisotopic (exact) mass is 261 g/mol. The van der Waals surface area contributed by atoms with Crippen LogP contribution < -0.4 is 5.32 Å². The molecule has 1 aliphatic rings. The molecule has 0 bridgehead atoms. The van der Waals surface area contributed by atoms with E-state index in [1.165, 1.54) is 4.90 Å². The van der Waals surface area contributed by atoms with Crippen LogP contribution in [0.4, 0.5) is 4.79 Å². The summed E-state index contributed by atoms with van der Waals surface area (Å²) in [6.45, 7) is 7.79. The summed E-state index contributed by atoms with van der Waals surface area (Å²) in [6.07, 6.45) is 1.65. The third-order valence-corrected chi connectivity index (χ3v) is 3.82. The van der Waals surface area contributed by atoms with Crippen LogP contribution in [0.5, 0.6) is 0 Å². The van der Waals surface area contributed by atoms with Gasteiger partial charge in [-0.15, -0.1) is 0 Å². The number of pyridine rings is 1. The number of rotatable bonds is 2. The van der Waals surface area contributed by atoms with E-state index >= 15 is 0 Å². The molecule has 19 heavy (non-hydrogen) atoms. The number of carbonyl (C=O) groups is 2. The Bertz CT molecular complexity index is 507. The van der Waals surface area contributed by atoms with E-state index in [1.807, 2.05) is 26.8 Å². The maximum Gasteiger partial charge on any atom is 0.325 e. The van der Waals surface area contributed by atoms with Crippen molar-refractivity contribution in [2.45, 2.75) is 39.8 Å². The Morgan fingerprint density at radius 2 is 2.00 bits per heavy atom. The quantitative estimate of drug-likeness (QED) is 0.827. The molecule has 102 valence electrons. The van der Waals surface area contributed by atoms with Crippen molar-refractivity contribution in [1.29, 1.82) is 0 Å². The Labute approximate surface area is 113 Å². The van der Waals surface area contributed by atoms with Crippen molar-refractivity contribution in [3.05, 3.63) is 30.1 Å². The average molecular weight is 261 g/mol. The summed E-state index contributed by atoms with van der Waals surface area (Å²) in [7, 11) is 0. The SMILES string of the molecule is CC(C)(C)[C@@]1(C)NC(=O)N(Cc2ccccn2)C1=O. The van der Waals surface area contributed by atoms with Crippen LogP contribution >= 0.6 is 0 Å². The summed E-state index contributed by atoms with van der Waals surface area (Å²) in [5.41, 5.74) is -0.526. The van der Waals surface area contributed by atoms with Crippen LogP contribution in [0.1, 0.15) is 33.4 Å². The summed E-state index contributed by atoms with van der Waals surface area (Å²) in [6, 6.07) is 5.08. The highest BCUT2D eigenvalue weighted by molar-refractivity contribution is 6.07. The molecule has 1 saturated heterocycles. The molecule has 5 heteroatoms. The number of imide groups is 1. The lowest BCUT2D eigenvalue weighted by molar-refractivity contribution is -0.134. The van der Waals surface area contributed by atoms with Gasteiger partial charge >= 0.3 is 6.03 Å². The molecule has 1 aromatic rings. The van der Waals surface area contributed by atoms with Crippen LogP contribution in [0.3, 0.4) is 0 Å².